The molecule has 0 bridgehead atoms. The van der Waals surface area contributed by atoms with E-state index in [-0.39, 0.29) is 11.4 Å². The molecule has 134 valence electrons. The molecule has 0 spiro atoms. The molecule has 6 nitrogen and oxygen atoms in total. The molecule has 25 heavy (non-hydrogen) atoms. The van der Waals surface area contributed by atoms with Crippen molar-refractivity contribution in [3.8, 4) is 5.75 Å². The van der Waals surface area contributed by atoms with Crippen molar-refractivity contribution in [2.24, 2.45) is 0 Å². The number of rotatable bonds is 7. The van der Waals surface area contributed by atoms with Crippen molar-refractivity contribution >= 4 is 21.6 Å². The number of carbonyl (C=O) groups is 1. The Morgan fingerprint density at radius 2 is 1.84 bits per heavy atom. The standard InChI is InChI=1S/C18H22N2O4S/c1-4-24-16-8-10-17(11-9-16)25(22,23)20(3)13-18(21)19-15-7-5-6-14(2)12-15/h5-12H,4,13H2,1-3H3,(H,19,21). The highest BCUT2D eigenvalue weighted by molar-refractivity contribution is 7.89. The molecule has 0 unspecified atom stereocenters. The molecular formula is C18H22N2O4S. The van der Waals surface area contributed by atoms with Crippen LogP contribution in [0.2, 0.25) is 0 Å². The van der Waals surface area contributed by atoms with Gasteiger partial charge in [-0.3, -0.25) is 4.79 Å². The number of carbonyl (C=O) groups excluding carboxylic acids is 1. The second-order valence-electron chi connectivity index (χ2n) is 5.58. The van der Waals surface area contributed by atoms with Crippen molar-refractivity contribution in [1.82, 2.24) is 4.31 Å². The van der Waals surface area contributed by atoms with Crippen LogP contribution in [0, 0.1) is 6.92 Å². The first-order valence-corrected chi connectivity index (χ1v) is 9.32. The van der Waals surface area contributed by atoms with Crippen LogP contribution < -0.4 is 10.1 Å². The van der Waals surface area contributed by atoms with Crippen LogP contribution in [0.1, 0.15) is 12.5 Å². The highest BCUT2D eigenvalue weighted by atomic mass is 32.2. The fourth-order valence-electron chi connectivity index (χ4n) is 2.26. The number of benzene rings is 2. The fourth-order valence-corrected chi connectivity index (χ4v) is 3.39. The summed E-state index contributed by atoms with van der Waals surface area (Å²) in [6.07, 6.45) is 0. The first-order valence-electron chi connectivity index (χ1n) is 7.88. The molecule has 2 aromatic rings. The zero-order chi connectivity index (χ0) is 18.4. The van der Waals surface area contributed by atoms with Crippen molar-refractivity contribution in [1.29, 1.82) is 0 Å². The Balaban J connectivity index is 2.05. The summed E-state index contributed by atoms with van der Waals surface area (Å²) in [6.45, 7) is 4.00. The molecule has 1 N–H and O–H groups in total. The predicted molar refractivity (Wildman–Crippen MR) is 97.2 cm³/mol. The Hall–Kier alpha value is -2.38. The van der Waals surface area contributed by atoms with Crippen molar-refractivity contribution in [3.05, 3.63) is 54.1 Å². The van der Waals surface area contributed by atoms with Gasteiger partial charge in [-0.2, -0.15) is 4.31 Å². The van der Waals surface area contributed by atoms with Crippen LogP contribution in [0.3, 0.4) is 0 Å². The molecule has 0 radical (unpaired) electrons. The van der Waals surface area contributed by atoms with E-state index in [4.69, 9.17) is 4.74 Å². The third-order valence-corrected chi connectivity index (χ3v) is 5.33. The minimum Gasteiger partial charge on any atom is -0.494 e. The van der Waals surface area contributed by atoms with E-state index in [0.717, 1.165) is 9.87 Å². The minimum atomic E-state index is -3.75. The molecule has 0 aliphatic carbocycles. The molecule has 0 aliphatic rings. The molecule has 2 rings (SSSR count). The maximum absolute atomic E-state index is 12.5. The maximum Gasteiger partial charge on any atom is 0.243 e. The molecule has 7 heteroatoms. The first kappa shape index (κ1) is 19.0. The third-order valence-electron chi connectivity index (χ3n) is 3.51. The van der Waals surface area contributed by atoms with Gasteiger partial charge in [-0.05, 0) is 55.8 Å². The molecule has 0 heterocycles. The van der Waals surface area contributed by atoms with Gasteiger partial charge < -0.3 is 10.1 Å². The monoisotopic (exact) mass is 362 g/mol. The summed E-state index contributed by atoms with van der Waals surface area (Å²) in [5.41, 5.74) is 1.64. The van der Waals surface area contributed by atoms with Crippen molar-refractivity contribution < 1.29 is 17.9 Å². The number of nitrogens with zero attached hydrogens (tertiary/aromatic N) is 1. The minimum absolute atomic E-state index is 0.113. The Labute approximate surface area is 148 Å². The second kappa shape index (κ2) is 8.13. The van der Waals surface area contributed by atoms with Gasteiger partial charge >= 0.3 is 0 Å². The summed E-state index contributed by atoms with van der Waals surface area (Å²) in [6, 6.07) is 13.4. The maximum atomic E-state index is 12.5. The Morgan fingerprint density at radius 1 is 1.16 bits per heavy atom. The van der Waals surface area contributed by atoms with Gasteiger partial charge in [-0.1, -0.05) is 12.1 Å². The number of anilines is 1. The Morgan fingerprint density at radius 3 is 2.44 bits per heavy atom. The molecular weight excluding hydrogens is 340 g/mol. The molecule has 0 saturated carbocycles. The van der Waals surface area contributed by atoms with Crippen LogP contribution >= 0.6 is 0 Å². The number of aryl methyl sites for hydroxylation is 1. The van der Waals surface area contributed by atoms with E-state index < -0.39 is 15.9 Å². The fraction of sp³-hybridized carbons (Fsp3) is 0.278. The highest BCUT2D eigenvalue weighted by Gasteiger charge is 2.23. The molecule has 0 aromatic heterocycles. The summed E-state index contributed by atoms with van der Waals surface area (Å²) < 4.78 is 31.4. The zero-order valence-electron chi connectivity index (χ0n) is 14.5. The van der Waals surface area contributed by atoms with Gasteiger partial charge in [0, 0.05) is 12.7 Å². The van der Waals surface area contributed by atoms with Crippen LogP contribution in [0.5, 0.6) is 5.75 Å². The van der Waals surface area contributed by atoms with Crippen molar-refractivity contribution in [2.75, 3.05) is 25.5 Å². The van der Waals surface area contributed by atoms with Crippen LogP contribution in [0.15, 0.2) is 53.4 Å². The lowest BCUT2D eigenvalue weighted by molar-refractivity contribution is -0.116. The highest BCUT2D eigenvalue weighted by Crippen LogP contribution is 2.19. The van der Waals surface area contributed by atoms with Crippen molar-refractivity contribution in [3.63, 3.8) is 0 Å². The quantitative estimate of drug-likeness (QED) is 0.822. The Kier molecular flexibility index (Phi) is 6.17. The predicted octanol–water partition coefficient (Wildman–Crippen LogP) is 2.65. The largest absolute Gasteiger partial charge is 0.494 e. The molecule has 0 fully saturated rings. The third kappa shape index (κ3) is 5.04. The second-order valence-corrected chi connectivity index (χ2v) is 7.63. The molecule has 0 saturated heterocycles. The van der Waals surface area contributed by atoms with Crippen LogP contribution in [-0.2, 0) is 14.8 Å². The first-order chi connectivity index (χ1) is 11.8. The molecule has 1 amide bonds. The van der Waals surface area contributed by atoms with Gasteiger partial charge in [-0.25, -0.2) is 8.42 Å². The van der Waals surface area contributed by atoms with E-state index in [1.54, 1.807) is 18.2 Å². The summed E-state index contributed by atoms with van der Waals surface area (Å²) in [5.74, 6) is 0.198. The molecule has 0 atom stereocenters. The van der Waals surface area contributed by atoms with Gasteiger partial charge in [0.05, 0.1) is 18.0 Å². The van der Waals surface area contributed by atoms with Gasteiger partial charge in [0.25, 0.3) is 0 Å². The average Bonchev–Trinajstić information content (AvgIpc) is 2.55. The van der Waals surface area contributed by atoms with Gasteiger partial charge in [-0.15, -0.1) is 0 Å². The number of amides is 1. The van der Waals surface area contributed by atoms with E-state index in [1.807, 2.05) is 32.0 Å². The number of ether oxygens (including phenoxy) is 1. The van der Waals surface area contributed by atoms with Crippen LogP contribution in [0.25, 0.3) is 0 Å². The van der Waals surface area contributed by atoms with Gasteiger partial charge in [0.2, 0.25) is 15.9 Å². The summed E-state index contributed by atoms with van der Waals surface area (Å²) >= 11 is 0. The SMILES string of the molecule is CCOc1ccc(S(=O)(=O)N(C)CC(=O)Nc2cccc(C)c2)cc1. The van der Waals surface area contributed by atoms with E-state index in [1.165, 1.54) is 19.2 Å². The number of likely N-dealkylation sites (N-methyl/N-ethyl adjacent to an activating group) is 1. The lowest BCUT2D eigenvalue weighted by atomic mass is 10.2. The number of hydrogen-bond acceptors (Lipinski definition) is 4. The number of hydrogen-bond donors (Lipinski definition) is 1. The van der Waals surface area contributed by atoms with Crippen LogP contribution in [-0.4, -0.2) is 38.8 Å². The lowest BCUT2D eigenvalue weighted by Gasteiger charge is -2.17. The van der Waals surface area contributed by atoms with E-state index >= 15 is 0 Å². The number of nitrogens with one attached hydrogen (secondary N) is 1. The Bertz CT molecular complexity index is 832. The smallest absolute Gasteiger partial charge is 0.243 e. The van der Waals surface area contributed by atoms with Gasteiger partial charge in [0.15, 0.2) is 0 Å². The zero-order valence-corrected chi connectivity index (χ0v) is 15.3. The normalized spacial score (nSPS) is 11.4. The summed E-state index contributed by atoms with van der Waals surface area (Å²) in [5, 5.41) is 2.70. The van der Waals surface area contributed by atoms with Crippen LogP contribution in [0.4, 0.5) is 5.69 Å². The molecule has 2 aromatic carbocycles. The van der Waals surface area contributed by atoms with Gasteiger partial charge in [0.1, 0.15) is 5.75 Å². The summed E-state index contributed by atoms with van der Waals surface area (Å²) in [4.78, 5) is 12.2. The van der Waals surface area contributed by atoms with E-state index in [9.17, 15) is 13.2 Å². The van der Waals surface area contributed by atoms with Crippen molar-refractivity contribution in [2.45, 2.75) is 18.7 Å². The van der Waals surface area contributed by atoms with E-state index in [2.05, 4.69) is 5.32 Å². The topological polar surface area (TPSA) is 75.7 Å². The summed E-state index contributed by atoms with van der Waals surface area (Å²) in [7, 11) is -2.37. The number of sulfonamides is 1. The molecule has 0 aliphatic heterocycles. The average molecular weight is 362 g/mol. The van der Waals surface area contributed by atoms with E-state index in [0.29, 0.717) is 18.0 Å². The lowest BCUT2D eigenvalue weighted by Crippen LogP contribution is -2.34.